The number of nitrogens with one attached hydrogen (secondary N) is 2. The average Bonchev–Trinajstić information content (AvgIpc) is 3.55. The van der Waals surface area contributed by atoms with Crippen molar-refractivity contribution >= 4 is 40.9 Å². The molecule has 0 radical (unpaired) electrons. The summed E-state index contributed by atoms with van der Waals surface area (Å²) in [5.41, 5.74) is 3.46. The van der Waals surface area contributed by atoms with Gasteiger partial charge in [0.05, 0.1) is 17.8 Å². The smallest absolute Gasteiger partial charge is 0.338 e. The van der Waals surface area contributed by atoms with Gasteiger partial charge in [0.1, 0.15) is 11.4 Å². The fourth-order valence-corrected chi connectivity index (χ4v) is 5.80. The first kappa shape index (κ1) is 36.0. The molecule has 48 heavy (non-hydrogen) atoms. The predicted molar refractivity (Wildman–Crippen MR) is 189 cm³/mol. The molecule has 1 aliphatic rings. The first-order valence-corrected chi connectivity index (χ1v) is 16.5. The largest absolute Gasteiger partial charge is 0.482 e. The van der Waals surface area contributed by atoms with Crippen LogP contribution in [0.1, 0.15) is 74.4 Å². The molecule has 256 valence electrons. The van der Waals surface area contributed by atoms with Crippen LogP contribution >= 0.6 is 0 Å². The maximum atomic E-state index is 13.7. The van der Waals surface area contributed by atoms with E-state index in [1.165, 1.54) is 18.9 Å². The van der Waals surface area contributed by atoms with Crippen molar-refractivity contribution in [2.24, 2.45) is 5.92 Å². The van der Waals surface area contributed by atoms with Crippen LogP contribution in [0.15, 0.2) is 66.7 Å². The summed E-state index contributed by atoms with van der Waals surface area (Å²) in [5.74, 6) is -0.120. The van der Waals surface area contributed by atoms with E-state index in [0.717, 1.165) is 36.1 Å². The molecule has 4 amide bonds. The second kappa shape index (κ2) is 16.3. The standard InChI is InChI=1S/C38H48N4O6/c1-26-20-27(2)22-31(21-26)41(6)35(44)25-47-33-17-10-9-16-32(33)42(19-18-28-12-7-8-13-28)34(43)24-39-37(46)40-30-15-11-14-29(23-30)36(45)48-38(3,4)5/h9-11,14-17,20-23,28H,7-8,12-13,18-19,24-25H2,1-6H3,(H2,39,40,46). The predicted octanol–water partition coefficient (Wildman–Crippen LogP) is 7.04. The summed E-state index contributed by atoms with van der Waals surface area (Å²) >= 11 is 0. The van der Waals surface area contributed by atoms with Gasteiger partial charge >= 0.3 is 12.0 Å². The van der Waals surface area contributed by atoms with Crippen LogP contribution in [-0.4, -0.2) is 56.2 Å². The van der Waals surface area contributed by atoms with Gasteiger partial charge in [0, 0.05) is 25.0 Å². The zero-order valence-electron chi connectivity index (χ0n) is 28.9. The molecular formula is C38H48N4O6. The van der Waals surface area contributed by atoms with Crippen LogP contribution in [0.2, 0.25) is 0 Å². The summed E-state index contributed by atoms with van der Waals surface area (Å²) in [6.45, 7) is 9.28. The summed E-state index contributed by atoms with van der Waals surface area (Å²) in [5, 5.41) is 5.34. The number of rotatable bonds is 12. The van der Waals surface area contributed by atoms with E-state index in [-0.39, 0.29) is 25.0 Å². The Bertz CT molecular complexity index is 1590. The quantitative estimate of drug-likeness (QED) is 0.202. The number of hydrogen-bond acceptors (Lipinski definition) is 6. The Morgan fingerprint density at radius 3 is 2.25 bits per heavy atom. The van der Waals surface area contributed by atoms with Crippen LogP contribution in [0, 0.1) is 19.8 Å². The maximum Gasteiger partial charge on any atom is 0.338 e. The molecule has 0 spiro atoms. The number of aryl methyl sites for hydroxylation is 2. The van der Waals surface area contributed by atoms with Crippen LogP contribution in [0.25, 0.3) is 0 Å². The lowest BCUT2D eigenvalue weighted by molar-refractivity contribution is -0.120. The molecule has 0 aromatic heterocycles. The van der Waals surface area contributed by atoms with Crippen LogP contribution in [0.4, 0.5) is 21.9 Å². The van der Waals surface area contributed by atoms with Crippen molar-refractivity contribution < 1.29 is 28.7 Å². The van der Waals surface area contributed by atoms with Gasteiger partial charge < -0.3 is 29.9 Å². The molecule has 10 heteroatoms. The number of ether oxygens (including phenoxy) is 2. The number of carbonyl (C=O) groups is 4. The van der Waals surface area contributed by atoms with Gasteiger partial charge in [0.2, 0.25) is 5.91 Å². The molecule has 2 N–H and O–H groups in total. The number of para-hydroxylation sites is 2. The van der Waals surface area contributed by atoms with Crippen molar-refractivity contribution in [2.45, 2.75) is 72.3 Å². The van der Waals surface area contributed by atoms with Gasteiger partial charge in [-0.15, -0.1) is 0 Å². The van der Waals surface area contributed by atoms with Crippen LogP contribution < -0.4 is 25.2 Å². The number of urea groups is 1. The first-order valence-electron chi connectivity index (χ1n) is 16.5. The molecule has 3 aromatic rings. The Kier molecular flexibility index (Phi) is 12.2. The molecule has 1 aliphatic carbocycles. The number of hydrogen-bond donors (Lipinski definition) is 2. The SMILES string of the molecule is Cc1cc(C)cc(N(C)C(=O)COc2ccccc2N(CCC2CCCC2)C(=O)CNC(=O)Nc2cccc(C(=O)OC(C)(C)C)c2)c1. The fraction of sp³-hybridized carbons (Fsp3) is 0.421. The van der Waals surface area contributed by atoms with E-state index >= 15 is 0 Å². The highest BCUT2D eigenvalue weighted by atomic mass is 16.6. The van der Waals surface area contributed by atoms with E-state index in [1.54, 1.807) is 74.0 Å². The van der Waals surface area contributed by atoms with Crippen molar-refractivity contribution in [1.29, 1.82) is 0 Å². The molecule has 4 rings (SSSR count). The molecule has 0 saturated heterocycles. The van der Waals surface area contributed by atoms with Crippen molar-refractivity contribution in [1.82, 2.24) is 5.32 Å². The van der Waals surface area contributed by atoms with Crippen molar-refractivity contribution in [3.8, 4) is 5.75 Å². The second-order valence-electron chi connectivity index (χ2n) is 13.4. The van der Waals surface area contributed by atoms with Crippen LogP contribution in [0.5, 0.6) is 5.75 Å². The molecule has 0 bridgehead atoms. The molecule has 1 fully saturated rings. The molecule has 0 aliphatic heterocycles. The third kappa shape index (κ3) is 10.6. The summed E-state index contributed by atoms with van der Waals surface area (Å²) in [6, 6.07) is 18.9. The van der Waals surface area contributed by atoms with Crippen molar-refractivity contribution in [3.05, 3.63) is 83.4 Å². The zero-order valence-corrected chi connectivity index (χ0v) is 28.9. The lowest BCUT2D eigenvalue weighted by atomic mass is 10.0. The van der Waals surface area contributed by atoms with E-state index in [4.69, 9.17) is 9.47 Å². The third-order valence-electron chi connectivity index (χ3n) is 8.17. The van der Waals surface area contributed by atoms with Gasteiger partial charge in [-0.3, -0.25) is 9.59 Å². The van der Waals surface area contributed by atoms with E-state index in [1.807, 2.05) is 38.1 Å². The van der Waals surface area contributed by atoms with E-state index in [2.05, 4.69) is 10.6 Å². The number of carbonyl (C=O) groups excluding carboxylic acids is 4. The van der Waals surface area contributed by atoms with E-state index in [0.29, 0.717) is 35.2 Å². The summed E-state index contributed by atoms with van der Waals surface area (Å²) in [7, 11) is 1.72. The Labute approximate surface area is 283 Å². The topological polar surface area (TPSA) is 117 Å². The number of nitrogens with zero attached hydrogens (tertiary/aromatic N) is 2. The fourth-order valence-electron chi connectivity index (χ4n) is 5.80. The highest BCUT2D eigenvalue weighted by Gasteiger charge is 2.24. The summed E-state index contributed by atoms with van der Waals surface area (Å²) in [6.07, 6.45) is 5.44. The molecule has 0 heterocycles. The van der Waals surface area contributed by atoms with Gasteiger partial charge in [0.15, 0.2) is 6.61 Å². The number of benzene rings is 3. The second-order valence-corrected chi connectivity index (χ2v) is 13.4. The molecule has 10 nitrogen and oxygen atoms in total. The number of anilines is 3. The normalized spacial score (nSPS) is 13.0. The number of amides is 4. The monoisotopic (exact) mass is 656 g/mol. The maximum absolute atomic E-state index is 13.7. The minimum absolute atomic E-state index is 0.214. The molecule has 3 aromatic carbocycles. The molecule has 0 unspecified atom stereocenters. The Hall–Kier alpha value is -4.86. The van der Waals surface area contributed by atoms with Crippen LogP contribution in [-0.2, 0) is 14.3 Å². The van der Waals surface area contributed by atoms with Gasteiger partial charge in [-0.1, -0.05) is 49.9 Å². The Morgan fingerprint density at radius 2 is 1.56 bits per heavy atom. The van der Waals surface area contributed by atoms with Gasteiger partial charge in [0.25, 0.3) is 5.91 Å². The van der Waals surface area contributed by atoms with Gasteiger partial charge in [-0.25, -0.2) is 9.59 Å². The highest BCUT2D eigenvalue weighted by Crippen LogP contribution is 2.32. The van der Waals surface area contributed by atoms with E-state index < -0.39 is 17.6 Å². The average molecular weight is 657 g/mol. The first-order chi connectivity index (χ1) is 22.8. The van der Waals surface area contributed by atoms with Gasteiger partial charge in [-0.2, -0.15) is 0 Å². The number of esters is 1. The lowest BCUT2D eigenvalue weighted by Gasteiger charge is -2.27. The molecule has 0 atom stereocenters. The van der Waals surface area contributed by atoms with Gasteiger partial charge in [-0.05, 0) is 101 Å². The minimum Gasteiger partial charge on any atom is -0.482 e. The third-order valence-corrected chi connectivity index (χ3v) is 8.17. The Balaban J connectivity index is 1.43. The van der Waals surface area contributed by atoms with Crippen LogP contribution in [0.3, 0.4) is 0 Å². The zero-order chi connectivity index (χ0) is 34.8. The van der Waals surface area contributed by atoms with Crippen molar-refractivity contribution in [2.75, 3.05) is 41.9 Å². The number of likely N-dealkylation sites (N-methyl/N-ethyl adjacent to an activating group) is 1. The Morgan fingerprint density at radius 1 is 0.875 bits per heavy atom. The minimum atomic E-state index is -0.655. The van der Waals surface area contributed by atoms with E-state index in [9.17, 15) is 19.2 Å². The molecular weight excluding hydrogens is 608 g/mol. The summed E-state index contributed by atoms with van der Waals surface area (Å²) in [4.78, 5) is 55.4. The highest BCUT2D eigenvalue weighted by molar-refractivity contribution is 6.00. The van der Waals surface area contributed by atoms with Crippen molar-refractivity contribution in [3.63, 3.8) is 0 Å². The molecule has 1 saturated carbocycles. The summed E-state index contributed by atoms with van der Waals surface area (Å²) < 4.78 is 11.5. The lowest BCUT2D eigenvalue weighted by Crippen LogP contribution is -2.42.